The molecule has 90 valence electrons. The van der Waals surface area contributed by atoms with Crippen molar-refractivity contribution >= 4 is 27.4 Å². The monoisotopic (exact) mass is 247 g/mol. The topological polar surface area (TPSA) is 29.0 Å². The lowest BCUT2D eigenvalue weighted by Gasteiger charge is -2.32. The van der Waals surface area contributed by atoms with Crippen molar-refractivity contribution in [2.75, 3.05) is 11.9 Å². The van der Waals surface area contributed by atoms with E-state index in [-0.39, 0.29) is 0 Å². The van der Waals surface area contributed by atoms with Gasteiger partial charge in [0.2, 0.25) is 0 Å². The van der Waals surface area contributed by atoms with Crippen molar-refractivity contribution in [2.45, 2.75) is 38.1 Å². The number of anilines is 1. The first-order chi connectivity index (χ1) is 8.36. The summed E-state index contributed by atoms with van der Waals surface area (Å²) in [5, 5.41) is 3.29. The summed E-state index contributed by atoms with van der Waals surface area (Å²) in [6, 6.07) is 2.79. The quantitative estimate of drug-likeness (QED) is 0.813. The highest BCUT2D eigenvalue weighted by atomic mass is 32.1. The van der Waals surface area contributed by atoms with Crippen molar-refractivity contribution < 1.29 is 0 Å². The SMILES string of the molecule is CN(c1ncnc2sccc12)C1CCCCC1. The summed E-state index contributed by atoms with van der Waals surface area (Å²) in [6.45, 7) is 0. The molecule has 0 amide bonds. The minimum atomic E-state index is 0.654. The van der Waals surface area contributed by atoms with Crippen LogP contribution in [0, 0.1) is 0 Å². The van der Waals surface area contributed by atoms with Crippen LogP contribution in [-0.2, 0) is 0 Å². The Morgan fingerprint density at radius 1 is 1.24 bits per heavy atom. The van der Waals surface area contributed by atoms with Crippen LogP contribution in [0.4, 0.5) is 5.82 Å². The Bertz CT molecular complexity index is 502. The molecule has 0 unspecified atom stereocenters. The molecular formula is C13H17N3S. The molecule has 0 aliphatic heterocycles. The van der Waals surface area contributed by atoms with E-state index in [1.807, 2.05) is 0 Å². The van der Waals surface area contributed by atoms with E-state index in [1.165, 1.54) is 37.5 Å². The van der Waals surface area contributed by atoms with Gasteiger partial charge in [-0.15, -0.1) is 11.3 Å². The summed E-state index contributed by atoms with van der Waals surface area (Å²) < 4.78 is 0. The summed E-state index contributed by atoms with van der Waals surface area (Å²) in [4.78, 5) is 12.2. The zero-order valence-corrected chi connectivity index (χ0v) is 10.9. The molecule has 1 saturated carbocycles. The predicted octanol–water partition coefficient (Wildman–Crippen LogP) is 3.46. The van der Waals surface area contributed by atoms with Crippen molar-refractivity contribution in [1.29, 1.82) is 0 Å². The average Bonchev–Trinajstić information content (AvgIpc) is 2.87. The van der Waals surface area contributed by atoms with E-state index >= 15 is 0 Å². The fourth-order valence-corrected chi connectivity index (χ4v) is 3.43. The Hall–Kier alpha value is -1.16. The molecule has 2 aromatic rings. The average molecular weight is 247 g/mol. The maximum Gasteiger partial charge on any atom is 0.140 e. The second-order valence-electron chi connectivity index (χ2n) is 4.74. The van der Waals surface area contributed by atoms with E-state index in [4.69, 9.17) is 0 Å². The van der Waals surface area contributed by atoms with Crippen molar-refractivity contribution in [1.82, 2.24) is 9.97 Å². The third kappa shape index (κ3) is 2.02. The fraction of sp³-hybridized carbons (Fsp3) is 0.538. The van der Waals surface area contributed by atoms with Gasteiger partial charge in [-0.2, -0.15) is 0 Å². The summed E-state index contributed by atoms with van der Waals surface area (Å²) in [5.74, 6) is 1.10. The van der Waals surface area contributed by atoms with Crippen LogP contribution in [0.15, 0.2) is 17.8 Å². The Labute approximate surface area is 106 Å². The van der Waals surface area contributed by atoms with Gasteiger partial charge in [-0.3, -0.25) is 0 Å². The van der Waals surface area contributed by atoms with Gasteiger partial charge in [0.15, 0.2) is 0 Å². The van der Waals surface area contributed by atoms with E-state index in [0.717, 1.165) is 10.6 Å². The Morgan fingerprint density at radius 2 is 2.06 bits per heavy atom. The number of thiophene rings is 1. The second-order valence-corrected chi connectivity index (χ2v) is 5.63. The van der Waals surface area contributed by atoms with Gasteiger partial charge >= 0.3 is 0 Å². The predicted molar refractivity (Wildman–Crippen MR) is 72.7 cm³/mol. The molecule has 17 heavy (non-hydrogen) atoms. The van der Waals surface area contributed by atoms with Crippen LogP contribution in [0.1, 0.15) is 32.1 Å². The first-order valence-corrected chi connectivity index (χ1v) is 7.15. The summed E-state index contributed by atoms with van der Waals surface area (Å²) in [5.41, 5.74) is 0. The largest absolute Gasteiger partial charge is 0.356 e. The van der Waals surface area contributed by atoms with Crippen LogP contribution in [-0.4, -0.2) is 23.1 Å². The fourth-order valence-electron chi connectivity index (χ4n) is 2.70. The maximum absolute atomic E-state index is 4.48. The normalized spacial score (nSPS) is 17.5. The van der Waals surface area contributed by atoms with E-state index in [0.29, 0.717) is 6.04 Å². The lowest BCUT2D eigenvalue weighted by Crippen LogP contribution is -2.34. The number of aromatic nitrogens is 2. The van der Waals surface area contributed by atoms with Gasteiger partial charge in [-0.25, -0.2) is 9.97 Å². The molecular weight excluding hydrogens is 230 g/mol. The van der Waals surface area contributed by atoms with E-state index < -0.39 is 0 Å². The minimum Gasteiger partial charge on any atom is -0.356 e. The lowest BCUT2D eigenvalue weighted by molar-refractivity contribution is 0.426. The minimum absolute atomic E-state index is 0.654. The molecule has 4 heteroatoms. The Morgan fingerprint density at radius 3 is 2.88 bits per heavy atom. The second kappa shape index (κ2) is 4.61. The molecule has 1 aliphatic carbocycles. The van der Waals surface area contributed by atoms with Gasteiger partial charge in [0, 0.05) is 13.1 Å². The molecule has 1 aliphatic rings. The van der Waals surface area contributed by atoms with Crippen LogP contribution in [0.25, 0.3) is 10.2 Å². The van der Waals surface area contributed by atoms with Crippen LogP contribution in [0.2, 0.25) is 0 Å². The van der Waals surface area contributed by atoms with E-state index in [1.54, 1.807) is 17.7 Å². The maximum atomic E-state index is 4.48. The molecule has 1 fully saturated rings. The summed E-state index contributed by atoms with van der Waals surface area (Å²) in [7, 11) is 2.18. The standard InChI is InChI=1S/C13H17N3S/c1-16(10-5-3-2-4-6-10)12-11-7-8-17-13(11)15-9-14-12/h7-10H,2-6H2,1H3. The van der Waals surface area contributed by atoms with Crippen molar-refractivity contribution in [3.63, 3.8) is 0 Å². The third-order valence-electron chi connectivity index (χ3n) is 3.70. The van der Waals surface area contributed by atoms with Crippen molar-refractivity contribution in [3.8, 4) is 0 Å². The number of hydrogen-bond acceptors (Lipinski definition) is 4. The molecule has 0 spiro atoms. The highest BCUT2D eigenvalue weighted by molar-refractivity contribution is 7.16. The number of nitrogens with zero attached hydrogens (tertiary/aromatic N) is 3. The number of fused-ring (bicyclic) bond motifs is 1. The lowest BCUT2D eigenvalue weighted by atomic mass is 9.94. The zero-order chi connectivity index (χ0) is 11.7. The number of hydrogen-bond donors (Lipinski definition) is 0. The summed E-state index contributed by atoms with van der Waals surface area (Å²) >= 11 is 1.69. The highest BCUT2D eigenvalue weighted by Gasteiger charge is 2.20. The third-order valence-corrected chi connectivity index (χ3v) is 4.52. The molecule has 0 bridgehead atoms. The van der Waals surface area contributed by atoms with Gasteiger partial charge in [-0.1, -0.05) is 19.3 Å². The molecule has 3 rings (SSSR count). The summed E-state index contributed by atoms with van der Waals surface area (Å²) in [6.07, 6.45) is 8.38. The Balaban J connectivity index is 1.94. The smallest absolute Gasteiger partial charge is 0.140 e. The molecule has 3 nitrogen and oxygen atoms in total. The molecule has 0 N–H and O–H groups in total. The molecule has 0 radical (unpaired) electrons. The zero-order valence-electron chi connectivity index (χ0n) is 10.1. The van der Waals surface area contributed by atoms with Crippen LogP contribution in [0.3, 0.4) is 0 Å². The molecule has 2 aromatic heterocycles. The molecule has 2 heterocycles. The van der Waals surface area contributed by atoms with Gasteiger partial charge in [-0.05, 0) is 24.3 Å². The van der Waals surface area contributed by atoms with Crippen LogP contribution < -0.4 is 4.90 Å². The van der Waals surface area contributed by atoms with E-state index in [9.17, 15) is 0 Å². The first-order valence-electron chi connectivity index (χ1n) is 6.27. The van der Waals surface area contributed by atoms with Crippen molar-refractivity contribution in [2.24, 2.45) is 0 Å². The van der Waals surface area contributed by atoms with Gasteiger partial charge in [0.05, 0.1) is 5.39 Å². The van der Waals surface area contributed by atoms with Crippen molar-refractivity contribution in [3.05, 3.63) is 17.8 Å². The highest BCUT2D eigenvalue weighted by Crippen LogP contribution is 2.30. The molecule has 0 atom stereocenters. The van der Waals surface area contributed by atoms with E-state index in [2.05, 4.69) is 33.4 Å². The first kappa shape index (κ1) is 11.0. The number of rotatable bonds is 2. The van der Waals surface area contributed by atoms with Gasteiger partial charge in [0.25, 0.3) is 0 Å². The van der Waals surface area contributed by atoms with Crippen LogP contribution >= 0.6 is 11.3 Å². The van der Waals surface area contributed by atoms with Gasteiger partial charge in [0.1, 0.15) is 17.0 Å². The van der Waals surface area contributed by atoms with Crippen LogP contribution in [0.5, 0.6) is 0 Å². The van der Waals surface area contributed by atoms with Gasteiger partial charge < -0.3 is 4.90 Å². The Kier molecular flexibility index (Phi) is 2.97. The molecule has 0 saturated heterocycles. The molecule has 0 aromatic carbocycles.